The van der Waals surface area contributed by atoms with E-state index in [1.807, 2.05) is 57.5 Å². The number of nitrogens with one attached hydrogen (secondary N) is 3. The van der Waals surface area contributed by atoms with Gasteiger partial charge in [0.15, 0.2) is 11.6 Å². The van der Waals surface area contributed by atoms with Gasteiger partial charge in [-0.2, -0.15) is 5.10 Å². The van der Waals surface area contributed by atoms with Crippen LogP contribution in [-0.2, 0) is 11.3 Å². The second kappa shape index (κ2) is 10.8. The summed E-state index contributed by atoms with van der Waals surface area (Å²) in [6.45, 7) is 14.9. The molecule has 2 heterocycles. The van der Waals surface area contributed by atoms with E-state index in [9.17, 15) is 9.18 Å². The van der Waals surface area contributed by atoms with Crippen LogP contribution < -0.4 is 21.7 Å². The van der Waals surface area contributed by atoms with E-state index < -0.39 is 5.82 Å². The van der Waals surface area contributed by atoms with Crippen molar-refractivity contribution in [2.45, 2.75) is 60.0 Å². The number of aromatic nitrogens is 3. The SMILES string of the molecule is C=C(N)c1cc(F)c(NC(CC)CNC(=O)CC(C)(C)C)nc1Nc1ccc2c(cnn2CC)c1. The first-order valence-corrected chi connectivity index (χ1v) is 11.9. The number of amides is 1. The Hall–Kier alpha value is -3.62. The molecule has 0 fully saturated rings. The van der Waals surface area contributed by atoms with E-state index in [1.165, 1.54) is 6.07 Å². The molecule has 35 heavy (non-hydrogen) atoms. The van der Waals surface area contributed by atoms with Crippen LogP contribution in [-0.4, -0.2) is 33.3 Å². The first kappa shape index (κ1) is 26.0. The lowest BCUT2D eigenvalue weighted by molar-refractivity contribution is -0.122. The van der Waals surface area contributed by atoms with E-state index in [-0.39, 0.29) is 28.9 Å². The Balaban J connectivity index is 1.82. The van der Waals surface area contributed by atoms with Gasteiger partial charge in [-0.15, -0.1) is 0 Å². The standard InChI is InChI=1S/C26H36FN7O/c1-7-18(15-29-23(35)13-26(4,5)6)31-25-21(27)12-20(16(3)28)24(33-25)32-19-9-10-22-17(11-19)14-30-34(22)8-2/h9-12,14,18H,3,7-8,13,15,28H2,1-2,4-6H3,(H,29,35)(H2,31,32,33). The first-order chi connectivity index (χ1) is 16.5. The summed E-state index contributed by atoms with van der Waals surface area (Å²) in [5.74, 6) is -0.119. The van der Waals surface area contributed by atoms with Crippen molar-refractivity contribution in [2.75, 3.05) is 17.2 Å². The second-order valence-electron chi connectivity index (χ2n) is 9.89. The van der Waals surface area contributed by atoms with Gasteiger partial charge in [0.05, 0.1) is 11.7 Å². The number of carbonyl (C=O) groups is 1. The molecule has 9 heteroatoms. The van der Waals surface area contributed by atoms with E-state index in [4.69, 9.17) is 5.73 Å². The normalized spacial score (nSPS) is 12.4. The van der Waals surface area contributed by atoms with Crippen molar-refractivity contribution in [2.24, 2.45) is 11.1 Å². The van der Waals surface area contributed by atoms with Gasteiger partial charge in [-0.1, -0.05) is 34.3 Å². The van der Waals surface area contributed by atoms with Gasteiger partial charge in [-0.3, -0.25) is 9.48 Å². The van der Waals surface area contributed by atoms with Gasteiger partial charge in [-0.05, 0) is 43.0 Å². The maximum Gasteiger partial charge on any atom is 0.220 e. The molecule has 1 unspecified atom stereocenters. The zero-order valence-corrected chi connectivity index (χ0v) is 21.2. The summed E-state index contributed by atoms with van der Waals surface area (Å²) in [6, 6.07) is 6.96. The molecule has 3 rings (SSSR count). The summed E-state index contributed by atoms with van der Waals surface area (Å²) in [7, 11) is 0. The minimum Gasteiger partial charge on any atom is -0.399 e. The molecule has 0 aliphatic rings. The van der Waals surface area contributed by atoms with Crippen LogP contribution >= 0.6 is 0 Å². The van der Waals surface area contributed by atoms with Gasteiger partial charge >= 0.3 is 0 Å². The van der Waals surface area contributed by atoms with Gasteiger partial charge in [0.25, 0.3) is 0 Å². The number of carbonyl (C=O) groups excluding carboxylic acids is 1. The molecular weight excluding hydrogens is 445 g/mol. The molecular formula is C26H36FN7O. The Labute approximate surface area is 206 Å². The maximum absolute atomic E-state index is 14.9. The Kier molecular flexibility index (Phi) is 7.99. The van der Waals surface area contributed by atoms with Crippen LogP contribution in [0.1, 0.15) is 53.0 Å². The number of halogens is 1. The summed E-state index contributed by atoms with van der Waals surface area (Å²) in [4.78, 5) is 16.7. The topological polar surface area (TPSA) is 110 Å². The highest BCUT2D eigenvalue weighted by Gasteiger charge is 2.19. The predicted octanol–water partition coefficient (Wildman–Crippen LogP) is 5.01. The molecule has 188 valence electrons. The summed E-state index contributed by atoms with van der Waals surface area (Å²) in [5.41, 5.74) is 8.20. The quantitative estimate of drug-likeness (QED) is 0.324. The fourth-order valence-corrected chi connectivity index (χ4v) is 3.76. The summed E-state index contributed by atoms with van der Waals surface area (Å²) < 4.78 is 16.9. The monoisotopic (exact) mass is 481 g/mol. The number of aryl methyl sites for hydroxylation is 1. The van der Waals surface area contributed by atoms with Crippen LogP contribution in [0.3, 0.4) is 0 Å². The Morgan fingerprint density at radius 3 is 2.60 bits per heavy atom. The van der Waals surface area contributed by atoms with Crippen molar-refractivity contribution in [3.63, 3.8) is 0 Å². The smallest absolute Gasteiger partial charge is 0.220 e. The van der Waals surface area contributed by atoms with Crippen LogP contribution in [0.2, 0.25) is 0 Å². The van der Waals surface area contributed by atoms with E-state index in [0.717, 1.165) is 23.1 Å². The number of rotatable bonds is 10. The average molecular weight is 482 g/mol. The lowest BCUT2D eigenvalue weighted by Gasteiger charge is -2.22. The molecule has 0 aliphatic carbocycles. The number of pyridine rings is 1. The van der Waals surface area contributed by atoms with Crippen LogP contribution in [0.4, 0.5) is 21.7 Å². The van der Waals surface area contributed by atoms with Crippen molar-refractivity contribution in [1.29, 1.82) is 0 Å². The lowest BCUT2D eigenvalue weighted by Crippen LogP contribution is -2.37. The summed E-state index contributed by atoms with van der Waals surface area (Å²) in [6.07, 6.45) is 2.89. The minimum absolute atomic E-state index is 0.0369. The fraction of sp³-hybridized carbons (Fsp3) is 0.423. The van der Waals surface area contributed by atoms with Crippen molar-refractivity contribution in [3.05, 3.63) is 48.4 Å². The van der Waals surface area contributed by atoms with E-state index in [1.54, 1.807) is 6.20 Å². The largest absolute Gasteiger partial charge is 0.399 e. The van der Waals surface area contributed by atoms with E-state index >= 15 is 0 Å². The molecule has 5 N–H and O–H groups in total. The van der Waals surface area contributed by atoms with Crippen molar-refractivity contribution in [1.82, 2.24) is 20.1 Å². The third kappa shape index (κ3) is 6.71. The van der Waals surface area contributed by atoms with Crippen LogP contribution in [0.15, 0.2) is 37.0 Å². The molecule has 0 saturated carbocycles. The molecule has 2 aromatic heterocycles. The first-order valence-electron chi connectivity index (χ1n) is 11.9. The van der Waals surface area contributed by atoms with E-state index in [0.29, 0.717) is 30.8 Å². The molecule has 0 bridgehead atoms. The van der Waals surface area contributed by atoms with Crippen molar-refractivity contribution < 1.29 is 9.18 Å². The van der Waals surface area contributed by atoms with Gasteiger partial charge < -0.3 is 21.7 Å². The molecule has 1 aromatic carbocycles. The number of nitrogens with zero attached hydrogens (tertiary/aromatic N) is 3. The van der Waals surface area contributed by atoms with Crippen molar-refractivity contribution >= 4 is 39.8 Å². The number of fused-ring (bicyclic) bond motifs is 1. The zero-order chi connectivity index (χ0) is 25.8. The average Bonchev–Trinajstić information content (AvgIpc) is 3.19. The lowest BCUT2D eigenvalue weighted by atomic mass is 9.92. The van der Waals surface area contributed by atoms with Crippen LogP contribution in [0, 0.1) is 11.2 Å². The summed E-state index contributed by atoms with van der Waals surface area (Å²) in [5, 5.41) is 14.6. The predicted molar refractivity (Wildman–Crippen MR) is 141 cm³/mol. The molecule has 0 saturated heterocycles. The highest BCUT2D eigenvalue weighted by molar-refractivity contribution is 5.84. The third-order valence-corrected chi connectivity index (χ3v) is 5.60. The van der Waals surface area contributed by atoms with Gasteiger partial charge in [0, 0.05) is 47.9 Å². The number of nitrogens with two attached hydrogens (primary N) is 1. The Morgan fingerprint density at radius 2 is 1.97 bits per heavy atom. The van der Waals surface area contributed by atoms with Gasteiger partial charge in [0.1, 0.15) is 5.82 Å². The summed E-state index contributed by atoms with van der Waals surface area (Å²) >= 11 is 0. The van der Waals surface area contributed by atoms with Gasteiger partial charge in [0.2, 0.25) is 5.91 Å². The minimum atomic E-state index is -0.545. The van der Waals surface area contributed by atoms with Crippen molar-refractivity contribution in [3.8, 4) is 0 Å². The molecule has 1 amide bonds. The van der Waals surface area contributed by atoms with Crippen LogP contribution in [0.5, 0.6) is 0 Å². The Morgan fingerprint density at radius 1 is 1.23 bits per heavy atom. The van der Waals surface area contributed by atoms with Crippen LogP contribution in [0.25, 0.3) is 16.6 Å². The molecule has 8 nitrogen and oxygen atoms in total. The molecule has 0 spiro atoms. The number of anilines is 3. The highest BCUT2D eigenvalue weighted by atomic mass is 19.1. The molecule has 0 aliphatic heterocycles. The van der Waals surface area contributed by atoms with Gasteiger partial charge in [-0.25, -0.2) is 9.37 Å². The fourth-order valence-electron chi connectivity index (χ4n) is 3.76. The Bertz CT molecular complexity index is 1210. The second-order valence-corrected chi connectivity index (χ2v) is 9.89. The number of benzene rings is 1. The molecule has 3 aromatic rings. The number of hydrogen-bond acceptors (Lipinski definition) is 6. The van der Waals surface area contributed by atoms with E-state index in [2.05, 4.69) is 32.6 Å². The zero-order valence-electron chi connectivity index (χ0n) is 21.2. The molecule has 1 atom stereocenters. The third-order valence-electron chi connectivity index (χ3n) is 5.60. The number of hydrogen-bond donors (Lipinski definition) is 4. The highest BCUT2D eigenvalue weighted by Crippen LogP contribution is 2.28. The maximum atomic E-state index is 14.9. The molecule has 0 radical (unpaired) electrons.